The zero-order valence-corrected chi connectivity index (χ0v) is 10.3. The molecule has 0 radical (unpaired) electrons. The molecule has 0 bridgehead atoms. The highest BCUT2D eigenvalue weighted by Crippen LogP contribution is 2.32. The van der Waals surface area contributed by atoms with Gasteiger partial charge in [-0.25, -0.2) is 4.79 Å². The summed E-state index contributed by atoms with van der Waals surface area (Å²) in [5, 5.41) is 6.50. The molecule has 2 aromatic rings. The molecule has 0 aliphatic heterocycles. The van der Waals surface area contributed by atoms with Crippen LogP contribution in [0.2, 0.25) is 0 Å². The van der Waals surface area contributed by atoms with Gasteiger partial charge in [-0.3, -0.25) is 9.89 Å². The van der Waals surface area contributed by atoms with Gasteiger partial charge in [-0.05, 0) is 17.7 Å². The van der Waals surface area contributed by atoms with Crippen molar-refractivity contribution in [2.24, 2.45) is 11.5 Å². The van der Waals surface area contributed by atoms with E-state index in [4.69, 9.17) is 20.9 Å². The third-order valence-electron chi connectivity index (χ3n) is 2.36. The summed E-state index contributed by atoms with van der Waals surface area (Å²) in [6.45, 7) is -0.343. The third-order valence-corrected chi connectivity index (χ3v) is 2.36. The Morgan fingerprint density at radius 1 is 1.20 bits per heavy atom. The predicted octanol–water partition coefficient (Wildman–Crippen LogP) is 0.398. The van der Waals surface area contributed by atoms with Gasteiger partial charge in [0.05, 0.1) is 6.20 Å². The Morgan fingerprint density at radius 2 is 2.00 bits per heavy atom. The number of aromatic amines is 1. The summed E-state index contributed by atoms with van der Waals surface area (Å²) in [7, 11) is 0. The number of benzene rings is 1. The van der Waals surface area contributed by atoms with E-state index in [2.05, 4.69) is 10.2 Å². The second kappa shape index (κ2) is 5.74. The number of nitrogens with one attached hydrogen (secondary N) is 1. The standard InChI is InChI=1S/C12H12N4O4/c13-11(17)6-19-10-3-7(8-4-15-16-5-8)1-2-9(10)20-12(14)18/h1-5H,6H2,(H2,13,17)(H2,14,18)(H,15,16). The van der Waals surface area contributed by atoms with E-state index in [9.17, 15) is 9.59 Å². The van der Waals surface area contributed by atoms with Crippen LogP contribution in [0.5, 0.6) is 11.5 Å². The topological polar surface area (TPSA) is 133 Å². The highest BCUT2D eigenvalue weighted by Gasteiger charge is 2.11. The lowest BCUT2D eigenvalue weighted by Crippen LogP contribution is -2.21. The maximum atomic E-state index is 10.8. The van der Waals surface area contributed by atoms with Crippen molar-refractivity contribution >= 4 is 12.0 Å². The molecule has 0 aliphatic carbocycles. The van der Waals surface area contributed by atoms with Gasteiger partial charge in [0.1, 0.15) is 0 Å². The number of hydrogen-bond donors (Lipinski definition) is 3. The van der Waals surface area contributed by atoms with Crippen LogP contribution < -0.4 is 20.9 Å². The SMILES string of the molecule is NC(=O)COc1cc(-c2cn[nH]c2)ccc1OC(N)=O. The fourth-order valence-corrected chi connectivity index (χ4v) is 1.55. The lowest BCUT2D eigenvalue weighted by molar-refractivity contribution is -0.119. The number of hydrogen-bond acceptors (Lipinski definition) is 5. The number of aromatic nitrogens is 2. The monoisotopic (exact) mass is 276 g/mol. The zero-order chi connectivity index (χ0) is 14.5. The average Bonchev–Trinajstić information content (AvgIpc) is 2.90. The largest absolute Gasteiger partial charge is 0.480 e. The van der Waals surface area contributed by atoms with E-state index in [0.717, 1.165) is 11.1 Å². The Kier molecular flexibility index (Phi) is 3.85. The first-order valence-electron chi connectivity index (χ1n) is 5.58. The van der Waals surface area contributed by atoms with Crippen LogP contribution in [0.25, 0.3) is 11.1 Å². The van der Waals surface area contributed by atoms with Crippen LogP contribution in [0.15, 0.2) is 30.6 Å². The van der Waals surface area contributed by atoms with E-state index in [0.29, 0.717) is 0 Å². The van der Waals surface area contributed by atoms with Gasteiger partial charge in [0.2, 0.25) is 0 Å². The summed E-state index contributed by atoms with van der Waals surface area (Å²) in [5.41, 5.74) is 11.5. The molecule has 0 fully saturated rings. The van der Waals surface area contributed by atoms with Crippen molar-refractivity contribution < 1.29 is 19.1 Å². The highest BCUT2D eigenvalue weighted by atomic mass is 16.6. The molecule has 20 heavy (non-hydrogen) atoms. The normalized spacial score (nSPS) is 10.0. The van der Waals surface area contributed by atoms with Crippen molar-refractivity contribution in [3.8, 4) is 22.6 Å². The first-order valence-corrected chi connectivity index (χ1v) is 5.58. The number of amides is 2. The van der Waals surface area contributed by atoms with E-state index in [1.165, 1.54) is 6.07 Å². The molecule has 0 spiro atoms. The number of carbonyl (C=O) groups excluding carboxylic acids is 2. The maximum Gasteiger partial charge on any atom is 0.410 e. The molecule has 8 heteroatoms. The van der Waals surface area contributed by atoms with Crippen LogP contribution in [0.4, 0.5) is 4.79 Å². The number of ether oxygens (including phenoxy) is 2. The van der Waals surface area contributed by atoms with E-state index < -0.39 is 12.0 Å². The number of nitrogens with two attached hydrogens (primary N) is 2. The smallest absolute Gasteiger partial charge is 0.410 e. The molecule has 8 nitrogen and oxygen atoms in total. The van der Waals surface area contributed by atoms with Gasteiger partial charge in [0.25, 0.3) is 5.91 Å². The number of rotatable bonds is 5. The predicted molar refractivity (Wildman–Crippen MR) is 68.9 cm³/mol. The fourth-order valence-electron chi connectivity index (χ4n) is 1.55. The summed E-state index contributed by atoms with van der Waals surface area (Å²) in [4.78, 5) is 21.6. The van der Waals surface area contributed by atoms with E-state index in [1.54, 1.807) is 24.5 Å². The van der Waals surface area contributed by atoms with Gasteiger partial charge < -0.3 is 20.9 Å². The minimum atomic E-state index is -0.981. The number of nitrogens with zero attached hydrogens (tertiary/aromatic N) is 1. The first-order chi connectivity index (χ1) is 9.56. The first kappa shape index (κ1) is 13.4. The van der Waals surface area contributed by atoms with Crippen molar-refractivity contribution in [3.05, 3.63) is 30.6 Å². The molecule has 0 atom stereocenters. The third kappa shape index (κ3) is 3.25. The minimum Gasteiger partial charge on any atom is -0.480 e. The Morgan fingerprint density at radius 3 is 2.60 bits per heavy atom. The molecular weight excluding hydrogens is 264 g/mol. The second-order valence-corrected chi connectivity index (χ2v) is 3.82. The number of primary amides is 2. The summed E-state index contributed by atoms with van der Waals surface area (Å²) >= 11 is 0. The molecule has 0 unspecified atom stereocenters. The summed E-state index contributed by atoms with van der Waals surface area (Å²) in [5.74, 6) is -0.365. The molecule has 0 aliphatic rings. The van der Waals surface area contributed by atoms with Crippen molar-refractivity contribution in [1.82, 2.24) is 10.2 Å². The van der Waals surface area contributed by atoms with Crippen LogP contribution in [-0.4, -0.2) is 28.8 Å². The number of carbonyl (C=O) groups is 2. The Bertz CT molecular complexity index is 624. The quantitative estimate of drug-likeness (QED) is 0.726. The van der Waals surface area contributed by atoms with Crippen LogP contribution in [0, 0.1) is 0 Å². The van der Waals surface area contributed by atoms with Gasteiger partial charge >= 0.3 is 6.09 Å². The van der Waals surface area contributed by atoms with Gasteiger partial charge in [-0.1, -0.05) is 6.07 Å². The summed E-state index contributed by atoms with van der Waals surface area (Å²) < 4.78 is 9.99. The zero-order valence-electron chi connectivity index (χ0n) is 10.3. The molecule has 104 valence electrons. The molecule has 1 aromatic heterocycles. The molecule has 0 saturated heterocycles. The molecule has 1 aromatic carbocycles. The summed E-state index contributed by atoms with van der Waals surface area (Å²) in [6, 6.07) is 4.79. The maximum absolute atomic E-state index is 10.8. The van der Waals surface area contributed by atoms with Crippen molar-refractivity contribution in [1.29, 1.82) is 0 Å². The van der Waals surface area contributed by atoms with Crippen LogP contribution in [0.1, 0.15) is 0 Å². The van der Waals surface area contributed by atoms with Crippen LogP contribution in [0.3, 0.4) is 0 Å². The molecule has 1 heterocycles. The Hall–Kier alpha value is -3.03. The lowest BCUT2D eigenvalue weighted by atomic mass is 10.1. The molecule has 5 N–H and O–H groups in total. The molecule has 2 rings (SSSR count). The van der Waals surface area contributed by atoms with Crippen LogP contribution in [-0.2, 0) is 4.79 Å². The van der Waals surface area contributed by atoms with Crippen molar-refractivity contribution in [2.75, 3.05) is 6.61 Å². The van der Waals surface area contributed by atoms with Crippen LogP contribution >= 0.6 is 0 Å². The molecule has 0 saturated carbocycles. The Balaban J connectivity index is 2.33. The minimum absolute atomic E-state index is 0.103. The number of H-pyrrole nitrogens is 1. The van der Waals surface area contributed by atoms with Gasteiger partial charge in [0, 0.05) is 11.8 Å². The Labute approximate surface area is 113 Å². The highest BCUT2D eigenvalue weighted by molar-refractivity contribution is 5.76. The van der Waals surface area contributed by atoms with Gasteiger partial charge in [-0.2, -0.15) is 5.10 Å². The second-order valence-electron chi connectivity index (χ2n) is 3.82. The van der Waals surface area contributed by atoms with E-state index in [-0.39, 0.29) is 18.1 Å². The molecule has 2 amide bonds. The average molecular weight is 276 g/mol. The van der Waals surface area contributed by atoms with Crippen molar-refractivity contribution in [2.45, 2.75) is 0 Å². The van der Waals surface area contributed by atoms with E-state index in [1.807, 2.05) is 0 Å². The fraction of sp³-hybridized carbons (Fsp3) is 0.0833. The van der Waals surface area contributed by atoms with Crippen molar-refractivity contribution in [3.63, 3.8) is 0 Å². The lowest BCUT2D eigenvalue weighted by Gasteiger charge is -2.10. The molecular formula is C12H12N4O4. The van der Waals surface area contributed by atoms with Gasteiger partial charge in [-0.15, -0.1) is 0 Å². The van der Waals surface area contributed by atoms with Gasteiger partial charge in [0.15, 0.2) is 18.1 Å². The van der Waals surface area contributed by atoms with E-state index >= 15 is 0 Å². The summed E-state index contributed by atoms with van der Waals surface area (Å²) in [6.07, 6.45) is 2.31.